The Labute approximate surface area is 81.3 Å². The van der Waals surface area contributed by atoms with Crippen LogP contribution in [0.15, 0.2) is 0 Å². The van der Waals surface area contributed by atoms with Gasteiger partial charge in [-0.1, -0.05) is 0 Å². The van der Waals surface area contributed by atoms with Gasteiger partial charge < -0.3 is 4.90 Å². The molecule has 2 nitrogen and oxygen atoms in total. The second kappa shape index (κ2) is 4.49. The quantitative estimate of drug-likeness (QED) is 0.620. The summed E-state index contributed by atoms with van der Waals surface area (Å²) in [6.07, 6.45) is 1.27. The Morgan fingerprint density at radius 3 is 2.58 bits per heavy atom. The molecule has 72 valence electrons. The lowest BCUT2D eigenvalue weighted by atomic mass is 10.2. The standard InChI is InChI=1S/C9H20N2S/c1-8-4-5-10(3)6-7-11(8)9(2)12/h8-9,12H,4-7H2,1-3H3/t8-,9?/m0/s1. The van der Waals surface area contributed by atoms with E-state index in [1.54, 1.807) is 0 Å². The smallest absolute Gasteiger partial charge is 0.0502 e. The number of nitrogens with zero attached hydrogens (tertiary/aromatic N) is 2. The second-order valence-corrected chi connectivity index (χ2v) is 4.56. The topological polar surface area (TPSA) is 6.48 Å². The summed E-state index contributed by atoms with van der Waals surface area (Å²) in [6.45, 7) is 8.01. The van der Waals surface area contributed by atoms with E-state index < -0.39 is 0 Å². The van der Waals surface area contributed by atoms with E-state index in [9.17, 15) is 0 Å². The highest BCUT2D eigenvalue weighted by Crippen LogP contribution is 2.14. The lowest BCUT2D eigenvalue weighted by Gasteiger charge is -2.29. The Hall–Kier alpha value is 0.270. The summed E-state index contributed by atoms with van der Waals surface area (Å²) in [4.78, 5) is 4.86. The van der Waals surface area contributed by atoms with Gasteiger partial charge in [-0.2, -0.15) is 12.6 Å². The van der Waals surface area contributed by atoms with E-state index in [2.05, 4.69) is 43.3 Å². The summed E-state index contributed by atoms with van der Waals surface area (Å²) >= 11 is 4.49. The molecule has 0 aromatic carbocycles. The molecule has 0 amide bonds. The van der Waals surface area contributed by atoms with Gasteiger partial charge in [-0.15, -0.1) is 0 Å². The largest absolute Gasteiger partial charge is 0.305 e. The minimum Gasteiger partial charge on any atom is -0.305 e. The fourth-order valence-electron chi connectivity index (χ4n) is 1.75. The zero-order valence-corrected chi connectivity index (χ0v) is 9.22. The normalized spacial score (nSPS) is 31.5. The SMILES string of the molecule is CC(S)N1CCN(C)CC[C@@H]1C. The molecule has 1 fully saturated rings. The molecule has 0 aliphatic carbocycles. The van der Waals surface area contributed by atoms with Gasteiger partial charge >= 0.3 is 0 Å². The minimum atomic E-state index is 0.395. The Morgan fingerprint density at radius 1 is 1.33 bits per heavy atom. The highest BCUT2D eigenvalue weighted by atomic mass is 32.1. The number of hydrogen-bond donors (Lipinski definition) is 1. The van der Waals surface area contributed by atoms with Crippen molar-refractivity contribution in [1.29, 1.82) is 0 Å². The molecule has 3 heteroatoms. The average molecular weight is 188 g/mol. The third-order valence-corrected chi connectivity index (χ3v) is 3.01. The maximum Gasteiger partial charge on any atom is 0.0502 e. The summed E-state index contributed by atoms with van der Waals surface area (Å²) in [7, 11) is 2.19. The maximum absolute atomic E-state index is 4.49. The number of thiol groups is 1. The van der Waals surface area contributed by atoms with Crippen LogP contribution in [0, 0.1) is 0 Å². The van der Waals surface area contributed by atoms with Gasteiger partial charge in [-0.25, -0.2) is 0 Å². The van der Waals surface area contributed by atoms with E-state index in [4.69, 9.17) is 0 Å². The van der Waals surface area contributed by atoms with Crippen molar-refractivity contribution in [3.63, 3.8) is 0 Å². The molecule has 1 rings (SSSR count). The first-order valence-corrected chi connectivity index (χ1v) is 5.25. The van der Waals surface area contributed by atoms with Gasteiger partial charge in [0.25, 0.3) is 0 Å². The fraction of sp³-hybridized carbons (Fsp3) is 1.00. The van der Waals surface area contributed by atoms with Crippen LogP contribution in [0.1, 0.15) is 20.3 Å². The molecule has 1 aliphatic rings. The molecule has 1 heterocycles. The minimum absolute atomic E-state index is 0.395. The molecule has 0 aromatic rings. The molecule has 0 radical (unpaired) electrons. The van der Waals surface area contributed by atoms with Crippen LogP contribution in [0.4, 0.5) is 0 Å². The lowest BCUT2D eigenvalue weighted by Crippen LogP contribution is -2.38. The second-order valence-electron chi connectivity index (χ2n) is 3.81. The number of hydrogen-bond acceptors (Lipinski definition) is 3. The van der Waals surface area contributed by atoms with Crippen molar-refractivity contribution >= 4 is 12.6 Å². The summed E-state index contributed by atoms with van der Waals surface area (Å²) in [5.41, 5.74) is 0. The van der Waals surface area contributed by atoms with Crippen LogP contribution >= 0.6 is 12.6 Å². The van der Waals surface area contributed by atoms with Crippen LogP contribution in [-0.2, 0) is 0 Å². The molecule has 1 unspecified atom stereocenters. The van der Waals surface area contributed by atoms with E-state index in [-0.39, 0.29) is 0 Å². The van der Waals surface area contributed by atoms with Crippen molar-refractivity contribution in [3.8, 4) is 0 Å². The molecule has 1 saturated heterocycles. The van der Waals surface area contributed by atoms with Crippen molar-refractivity contribution in [3.05, 3.63) is 0 Å². The summed E-state index contributed by atoms with van der Waals surface area (Å²) in [5.74, 6) is 0. The third-order valence-electron chi connectivity index (χ3n) is 2.71. The Morgan fingerprint density at radius 2 is 2.00 bits per heavy atom. The van der Waals surface area contributed by atoms with Crippen LogP contribution < -0.4 is 0 Å². The Balaban J connectivity index is 2.50. The molecular weight excluding hydrogens is 168 g/mol. The molecule has 12 heavy (non-hydrogen) atoms. The zero-order valence-electron chi connectivity index (χ0n) is 8.32. The fourth-order valence-corrected chi connectivity index (χ4v) is 2.09. The van der Waals surface area contributed by atoms with Gasteiger partial charge in [0, 0.05) is 19.1 Å². The Kier molecular flexibility index (Phi) is 3.87. The van der Waals surface area contributed by atoms with E-state index in [1.807, 2.05) is 0 Å². The molecule has 0 spiro atoms. The first kappa shape index (κ1) is 10.4. The molecule has 0 bridgehead atoms. The molecule has 0 aromatic heterocycles. The van der Waals surface area contributed by atoms with Crippen LogP contribution in [0.5, 0.6) is 0 Å². The van der Waals surface area contributed by atoms with E-state index in [0.29, 0.717) is 11.4 Å². The highest BCUT2D eigenvalue weighted by molar-refractivity contribution is 7.80. The lowest BCUT2D eigenvalue weighted by molar-refractivity contribution is 0.211. The van der Waals surface area contributed by atoms with Gasteiger partial charge in [0.15, 0.2) is 0 Å². The predicted molar refractivity (Wildman–Crippen MR) is 56.7 cm³/mol. The zero-order chi connectivity index (χ0) is 9.14. The Bertz CT molecular complexity index is 138. The van der Waals surface area contributed by atoms with Crippen molar-refractivity contribution in [2.24, 2.45) is 0 Å². The van der Waals surface area contributed by atoms with Crippen LogP contribution in [0.2, 0.25) is 0 Å². The first-order chi connectivity index (χ1) is 5.61. The van der Waals surface area contributed by atoms with Crippen molar-refractivity contribution in [1.82, 2.24) is 9.80 Å². The maximum atomic E-state index is 4.49. The molecule has 2 atom stereocenters. The van der Waals surface area contributed by atoms with Crippen molar-refractivity contribution < 1.29 is 0 Å². The van der Waals surface area contributed by atoms with Gasteiger partial charge in [0.1, 0.15) is 0 Å². The van der Waals surface area contributed by atoms with Gasteiger partial charge in [0.2, 0.25) is 0 Å². The number of likely N-dealkylation sites (N-methyl/N-ethyl adjacent to an activating group) is 1. The molecule has 0 N–H and O–H groups in total. The monoisotopic (exact) mass is 188 g/mol. The van der Waals surface area contributed by atoms with E-state index >= 15 is 0 Å². The number of rotatable bonds is 1. The van der Waals surface area contributed by atoms with E-state index in [1.165, 1.54) is 19.5 Å². The van der Waals surface area contributed by atoms with Crippen molar-refractivity contribution in [2.75, 3.05) is 26.7 Å². The van der Waals surface area contributed by atoms with Crippen LogP contribution in [-0.4, -0.2) is 47.9 Å². The molecule has 0 saturated carbocycles. The molecular formula is C9H20N2S. The van der Waals surface area contributed by atoms with E-state index in [0.717, 1.165) is 6.54 Å². The summed E-state index contributed by atoms with van der Waals surface area (Å²) in [5, 5.41) is 0.395. The average Bonchev–Trinajstić information content (AvgIpc) is 2.14. The molecule has 1 aliphatic heterocycles. The summed E-state index contributed by atoms with van der Waals surface area (Å²) < 4.78 is 0. The van der Waals surface area contributed by atoms with Crippen molar-refractivity contribution in [2.45, 2.75) is 31.7 Å². The van der Waals surface area contributed by atoms with Gasteiger partial charge in [-0.3, -0.25) is 4.90 Å². The first-order valence-electron chi connectivity index (χ1n) is 4.73. The van der Waals surface area contributed by atoms with Crippen LogP contribution in [0.25, 0.3) is 0 Å². The van der Waals surface area contributed by atoms with Gasteiger partial charge in [0.05, 0.1) is 5.37 Å². The third kappa shape index (κ3) is 2.64. The summed E-state index contributed by atoms with van der Waals surface area (Å²) in [6, 6.07) is 0.683. The highest BCUT2D eigenvalue weighted by Gasteiger charge is 2.21. The predicted octanol–water partition coefficient (Wildman–Crippen LogP) is 1.29. The van der Waals surface area contributed by atoms with Gasteiger partial charge in [-0.05, 0) is 33.9 Å². The van der Waals surface area contributed by atoms with Crippen LogP contribution in [0.3, 0.4) is 0 Å².